The third-order valence-electron chi connectivity index (χ3n) is 1.30. The van der Waals surface area contributed by atoms with Crippen molar-refractivity contribution in [2.75, 3.05) is 6.61 Å². The van der Waals surface area contributed by atoms with Crippen molar-refractivity contribution in [3.8, 4) is 0 Å². The van der Waals surface area contributed by atoms with Gasteiger partial charge in [-0.2, -0.15) is 36.4 Å². The van der Waals surface area contributed by atoms with Crippen molar-refractivity contribution in [3.63, 3.8) is 0 Å². The minimum atomic E-state index is -0.956. The Kier molecular flexibility index (Phi) is 18.8. The van der Waals surface area contributed by atoms with Gasteiger partial charge in [-0.05, 0) is 6.92 Å². The Morgan fingerprint density at radius 2 is 1.80 bits per heavy atom. The molecule has 15 heavy (non-hydrogen) atoms. The van der Waals surface area contributed by atoms with E-state index in [9.17, 15) is 4.79 Å². The average Bonchev–Trinajstić information content (AvgIpc) is 2.20. The number of hydrogen-bond donors (Lipinski definition) is 2. The molecule has 1 rings (SSSR count). The molecule has 0 aliphatic heterocycles. The zero-order valence-corrected chi connectivity index (χ0v) is 11.7. The normalized spacial score (nSPS) is 9.47. The van der Waals surface area contributed by atoms with E-state index in [1.807, 2.05) is 30.3 Å². The molecule has 5 heteroatoms. The van der Waals surface area contributed by atoms with Crippen LogP contribution in [-0.4, -0.2) is 45.8 Å². The zero-order valence-electron chi connectivity index (χ0n) is 8.59. The fourth-order valence-corrected chi connectivity index (χ4v) is 0.420. The second kappa shape index (κ2) is 13.9. The van der Waals surface area contributed by atoms with E-state index in [0.717, 1.165) is 0 Å². The maximum Gasteiger partial charge on any atom is 2.00 e. The van der Waals surface area contributed by atoms with Gasteiger partial charge in [0.1, 0.15) is 0 Å². The minimum absolute atomic E-state index is 0. The Hall–Kier alpha value is -0.104. The molecule has 1 aromatic rings. The van der Waals surface area contributed by atoms with E-state index in [0.29, 0.717) is 0 Å². The first-order valence-corrected chi connectivity index (χ1v) is 3.93. The van der Waals surface area contributed by atoms with E-state index in [1.54, 1.807) is 0 Å². The van der Waals surface area contributed by atoms with Gasteiger partial charge in [0.15, 0.2) is 0 Å². The van der Waals surface area contributed by atoms with Crippen molar-refractivity contribution in [1.29, 1.82) is 0 Å². The van der Waals surface area contributed by atoms with E-state index in [-0.39, 0.29) is 46.6 Å². The SMILES string of the molecule is Br.CC(CO)C(=O)O.[Mg+2].[c-]1ccccc1. The fraction of sp³-hybridized carbons (Fsp3) is 0.300. The predicted octanol–water partition coefficient (Wildman–Crippen LogP) is 1.38. The first-order chi connectivity index (χ1) is 6.18. The van der Waals surface area contributed by atoms with Crippen LogP contribution in [0.2, 0.25) is 0 Å². The first kappa shape index (κ1) is 20.3. The standard InChI is InChI=1S/C6H5.C4H8O3.BrH.Mg/c1-2-4-6-5-3-1;1-3(2-5)4(6)7;;/h1-5H;3,5H,2H2,1H3,(H,6,7);1H;/q-1;;;+2. The van der Waals surface area contributed by atoms with Gasteiger partial charge in [0.2, 0.25) is 0 Å². The van der Waals surface area contributed by atoms with Crippen LogP contribution in [0.15, 0.2) is 30.3 Å². The molecule has 0 heterocycles. The smallest absolute Gasteiger partial charge is 0.481 e. The zero-order chi connectivity index (χ0) is 10.1. The van der Waals surface area contributed by atoms with Gasteiger partial charge in [0, 0.05) is 0 Å². The molecule has 3 nitrogen and oxygen atoms in total. The van der Waals surface area contributed by atoms with E-state index in [1.165, 1.54) is 6.92 Å². The molecule has 0 aliphatic rings. The molecule has 2 N–H and O–H groups in total. The number of carbonyl (C=O) groups is 1. The van der Waals surface area contributed by atoms with Gasteiger partial charge in [-0.3, -0.25) is 4.79 Å². The maximum absolute atomic E-state index is 9.77. The molecule has 0 saturated heterocycles. The monoisotopic (exact) mass is 285 g/mol. The van der Waals surface area contributed by atoms with Crippen LogP contribution in [0.5, 0.6) is 0 Å². The third-order valence-corrected chi connectivity index (χ3v) is 1.30. The number of aliphatic hydroxyl groups is 1. The molecule has 0 aromatic heterocycles. The Bertz CT molecular complexity index is 205. The minimum Gasteiger partial charge on any atom is -0.481 e. The Morgan fingerprint density at radius 1 is 1.33 bits per heavy atom. The summed E-state index contributed by atoms with van der Waals surface area (Å²) < 4.78 is 0. The summed E-state index contributed by atoms with van der Waals surface area (Å²) in [7, 11) is 0. The number of benzene rings is 1. The number of aliphatic hydroxyl groups excluding tert-OH is 1. The van der Waals surface area contributed by atoms with Crippen LogP contribution in [0, 0.1) is 12.0 Å². The summed E-state index contributed by atoms with van der Waals surface area (Å²) in [5.41, 5.74) is 0. The van der Waals surface area contributed by atoms with E-state index >= 15 is 0 Å². The maximum atomic E-state index is 9.77. The molecular formula is C10H14BrMgO3+. The van der Waals surface area contributed by atoms with Crippen molar-refractivity contribution in [2.24, 2.45) is 5.92 Å². The first-order valence-electron chi connectivity index (χ1n) is 3.93. The third kappa shape index (κ3) is 13.9. The number of carboxylic acids is 1. The van der Waals surface area contributed by atoms with Crippen LogP contribution >= 0.6 is 17.0 Å². The Balaban J connectivity index is -0.000000170. The van der Waals surface area contributed by atoms with Gasteiger partial charge in [0.05, 0.1) is 12.5 Å². The number of carboxylic acid groups (broad SMARTS) is 1. The summed E-state index contributed by atoms with van der Waals surface area (Å²) in [5, 5.41) is 16.1. The molecule has 1 atom stereocenters. The summed E-state index contributed by atoms with van der Waals surface area (Å²) in [4.78, 5) is 9.77. The number of aliphatic carboxylic acids is 1. The molecule has 0 spiro atoms. The number of hydrogen-bond acceptors (Lipinski definition) is 2. The molecule has 0 fully saturated rings. The van der Waals surface area contributed by atoms with Crippen LogP contribution in [0.4, 0.5) is 0 Å². The van der Waals surface area contributed by atoms with Gasteiger partial charge >= 0.3 is 29.0 Å². The van der Waals surface area contributed by atoms with Gasteiger partial charge < -0.3 is 10.2 Å². The van der Waals surface area contributed by atoms with E-state index in [2.05, 4.69) is 6.07 Å². The molecule has 80 valence electrons. The molecule has 0 amide bonds. The number of halogens is 1. The molecule has 0 bridgehead atoms. The van der Waals surface area contributed by atoms with Crippen LogP contribution in [-0.2, 0) is 4.79 Å². The Morgan fingerprint density at radius 3 is 1.87 bits per heavy atom. The van der Waals surface area contributed by atoms with Crippen molar-refractivity contribution in [1.82, 2.24) is 0 Å². The van der Waals surface area contributed by atoms with Crippen molar-refractivity contribution < 1.29 is 15.0 Å². The molecule has 1 aromatic carbocycles. The quantitative estimate of drug-likeness (QED) is 0.638. The fourth-order valence-electron chi connectivity index (χ4n) is 0.420. The summed E-state index contributed by atoms with van der Waals surface area (Å²) in [5.74, 6) is -1.58. The predicted molar refractivity (Wildman–Crippen MR) is 65.2 cm³/mol. The number of rotatable bonds is 2. The van der Waals surface area contributed by atoms with Crippen molar-refractivity contribution in [2.45, 2.75) is 6.92 Å². The average molecular weight is 286 g/mol. The molecule has 0 radical (unpaired) electrons. The molecular weight excluding hydrogens is 272 g/mol. The Labute approximate surface area is 116 Å². The van der Waals surface area contributed by atoms with Crippen LogP contribution in [0.3, 0.4) is 0 Å². The summed E-state index contributed by atoms with van der Waals surface area (Å²) in [6.07, 6.45) is 0. The second-order valence-electron chi connectivity index (χ2n) is 2.50. The molecule has 0 saturated carbocycles. The summed E-state index contributed by atoms with van der Waals surface area (Å²) >= 11 is 0. The second-order valence-corrected chi connectivity index (χ2v) is 2.50. The van der Waals surface area contributed by atoms with Gasteiger partial charge in [-0.25, -0.2) is 0 Å². The summed E-state index contributed by atoms with van der Waals surface area (Å²) in [6.45, 7) is 1.16. The largest absolute Gasteiger partial charge is 2.00 e. The molecule has 1 unspecified atom stereocenters. The summed E-state index contributed by atoms with van der Waals surface area (Å²) in [6, 6.07) is 12.5. The van der Waals surface area contributed by atoms with E-state index in [4.69, 9.17) is 10.2 Å². The topological polar surface area (TPSA) is 57.5 Å². The van der Waals surface area contributed by atoms with Crippen LogP contribution in [0.1, 0.15) is 6.92 Å². The van der Waals surface area contributed by atoms with Gasteiger partial charge in [-0.15, -0.1) is 17.0 Å². The van der Waals surface area contributed by atoms with Gasteiger partial charge in [-0.1, -0.05) is 0 Å². The van der Waals surface area contributed by atoms with Gasteiger partial charge in [0.25, 0.3) is 0 Å². The van der Waals surface area contributed by atoms with E-state index < -0.39 is 11.9 Å². The van der Waals surface area contributed by atoms with Crippen molar-refractivity contribution >= 4 is 46.0 Å². The van der Waals surface area contributed by atoms with Crippen LogP contribution < -0.4 is 0 Å². The van der Waals surface area contributed by atoms with Crippen LogP contribution in [0.25, 0.3) is 0 Å². The van der Waals surface area contributed by atoms with Crippen molar-refractivity contribution in [3.05, 3.63) is 36.4 Å². The molecule has 0 aliphatic carbocycles.